The van der Waals surface area contributed by atoms with Gasteiger partial charge in [0.2, 0.25) is 5.91 Å². The first-order chi connectivity index (χ1) is 25.1. The Labute approximate surface area is 329 Å². The fourth-order valence-electron chi connectivity index (χ4n) is 11.8. The van der Waals surface area contributed by atoms with Crippen molar-refractivity contribution < 1.29 is 29.0 Å². The van der Waals surface area contributed by atoms with E-state index in [2.05, 4.69) is 59.9 Å². The SMILES string of the molecule is CC(C)C1=C2CCCC3C(C)(CCC4C(C)(C)C(OC(=O)CC(C)(C)C(=O)O)CCC43C)C(C)CCC2(C=CC(=O)NC(C)c2cccc(Cl)c2)CC1=O. The maximum absolute atomic E-state index is 13.9. The summed E-state index contributed by atoms with van der Waals surface area (Å²) in [7, 11) is 0. The molecule has 8 unspecified atom stereocenters. The predicted molar refractivity (Wildman–Crippen MR) is 215 cm³/mol. The van der Waals surface area contributed by atoms with Gasteiger partial charge in [-0.05, 0) is 142 Å². The maximum atomic E-state index is 13.9. The number of esters is 1. The second-order valence-corrected chi connectivity index (χ2v) is 20.0. The number of amides is 1. The van der Waals surface area contributed by atoms with Crippen molar-refractivity contribution in [1.29, 1.82) is 0 Å². The van der Waals surface area contributed by atoms with Gasteiger partial charge in [-0.15, -0.1) is 0 Å². The molecule has 8 atom stereocenters. The molecule has 8 heteroatoms. The lowest BCUT2D eigenvalue weighted by Gasteiger charge is -2.65. The van der Waals surface area contributed by atoms with Gasteiger partial charge in [0.05, 0.1) is 17.9 Å². The van der Waals surface area contributed by atoms with E-state index in [0.717, 1.165) is 68.9 Å². The summed E-state index contributed by atoms with van der Waals surface area (Å²) < 4.78 is 6.16. The molecule has 0 bridgehead atoms. The number of halogens is 1. The average Bonchev–Trinajstić information content (AvgIpc) is 3.35. The highest BCUT2D eigenvalue weighted by atomic mass is 35.5. The van der Waals surface area contributed by atoms with E-state index in [1.165, 1.54) is 5.57 Å². The number of nitrogens with one attached hydrogen (secondary N) is 1. The first kappa shape index (κ1) is 42.2. The Balaban J connectivity index is 1.40. The van der Waals surface area contributed by atoms with Crippen LogP contribution in [0.1, 0.15) is 151 Å². The lowest BCUT2D eigenvalue weighted by Crippen LogP contribution is -2.60. The highest BCUT2D eigenvalue weighted by molar-refractivity contribution is 6.30. The number of carboxylic acids is 1. The molecule has 1 aromatic rings. The van der Waals surface area contributed by atoms with Gasteiger partial charge >= 0.3 is 11.9 Å². The van der Waals surface area contributed by atoms with Gasteiger partial charge in [-0.1, -0.05) is 83.8 Å². The summed E-state index contributed by atoms with van der Waals surface area (Å²) in [5.74, 6) is -0.0431. The Kier molecular flexibility index (Phi) is 12.2. The molecule has 54 heavy (non-hydrogen) atoms. The highest BCUT2D eigenvalue weighted by Gasteiger charge is 2.62. The summed E-state index contributed by atoms with van der Waals surface area (Å²) in [6, 6.07) is 7.34. The third-order valence-corrected chi connectivity index (χ3v) is 15.3. The molecule has 1 aromatic carbocycles. The molecule has 3 fully saturated rings. The average molecular weight is 764 g/mol. The molecule has 298 valence electrons. The number of ether oxygens (including phenoxy) is 1. The molecule has 5 rings (SSSR count). The van der Waals surface area contributed by atoms with Crippen molar-refractivity contribution in [3.8, 4) is 0 Å². The van der Waals surface area contributed by atoms with Crippen LogP contribution >= 0.6 is 11.6 Å². The topological polar surface area (TPSA) is 110 Å². The monoisotopic (exact) mass is 763 g/mol. The number of hydrogen-bond acceptors (Lipinski definition) is 5. The molecule has 0 aliphatic heterocycles. The van der Waals surface area contributed by atoms with Crippen LogP contribution in [0, 0.1) is 50.7 Å². The van der Waals surface area contributed by atoms with Gasteiger partial charge < -0.3 is 15.2 Å². The Hall–Kier alpha value is -2.93. The van der Waals surface area contributed by atoms with Crippen molar-refractivity contribution in [3.63, 3.8) is 0 Å². The minimum absolute atomic E-state index is 0.0444. The van der Waals surface area contributed by atoms with Gasteiger partial charge in [-0.25, -0.2) is 0 Å². The molecule has 0 spiro atoms. The first-order valence-corrected chi connectivity index (χ1v) is 20.9. The van der Waals surface area contributed by atoms with Crippen LogP contribution < -0.4 is 5.32 Å². The van der Waals surface area contributed by atoms with Gasteiger partial charge in [0.1, 0.15) is 6.10 Å². The van der Waals surface area contributed by atoms with Crippen LogP contribution in [0.15, 0.2) is 47.6 Å². The lowest BCUT2D eigenvalue weighted by atomic mass is 9.40. The molecule has 4 aliphatic carbocycles. The third-order valence-electron chi connectivity index (χ3n) is 15.1. The minimum atomic E-state index is -1.17. The van der Waals surface area contributed by atoms with E-state index in [-0.39, 0.29) is 52.4 Å². The van der Waals surface area contributed by atoms with Crippen LogP contribution in [0.25, 0.3) is 0 Å². The standard InChI is InChI=1S/C46H66ClNO6/c1-28(2)40-33-15-12-16-36-44(9,21-18-35-43(7,8)37(19-22-45(35,36)10)54-39(51)27-42(5,6)41(52)53)29(3)17-23-46(33,26-34(40)49)24-20-38(50)48-30(4)31-13-11-14-32(47)25-31/h11,13-14,20,24-25,28-30,35-37H,12,15-19,21-23,26-27H2,1-10H3,(H,48,50)(H,52,53). The Morgan fingerprint density at radius 1 is 1.00 bits per heavy atom. The van der Waals surface area contributed by atoms with Crippen LogP contribution in [0.3, 0.4) is 0 Å². The highest BCUT2D eigenvalue weighted by Crippen LogP contribution is 2.68. The Morgan fingerprint density at radius 3 is 2.33 bits per heavy atom. The second-order valence-electron chi connectivity index (χ2n) is 19.6. The number of Topliss-reactive ketones (excluding diaryl/α,β-unsaturated/α-hetero) is 1. The molecule has 1 amide bonds. The van der Waals surface area contributed by atoms with Gasteiger partial charge in [-0.3, -0.25) is 19.2 Å². The van der Waals surface area contributed by atoms with Crippen molar-refractivity contribution in [2.45, 2.75) is 152 Å². The smallest absolute Gasteiger partial charge is 0.309 e. The van der Waals surface area contributed by atoms with E-state index in [1.54, 1.807) is 19.9 Å². The summed E-state index contributed by atoms with van der Waals surface area (Å²) in [6.45, 7) is 21.3. The molecular weight excluding hydrogens is 698 g/mol. The molecule has 2 N–H and O–H groups in total. The molecule has 0 heterocycles. The van der Waals surface area contributed by atoms with Crippen LogP contribution in [0.4, 0.5) is 0 Å². The van der Waals surface area contributed by atoms with Gasteiger partial charge in [0.25, 0.3) is 0 Å². The van der Waals surface area contributed by atoms with E-state index in [4.69, 9.17) is 16.3 Å². The maximum Gasteiger partial charge on any atom is 0.309 e. The number of carbonyl (C=O) groups excluding carboxylic acids is 3. The van der Waals surface area contributed by atoms with Crippen LogP contribution in [0.5, 0.6) is 0 Å². The molecule has 0 saturated heterocycles. The van der Waals surface area contributed by atoms with Crippen molar-refractivity contribution in [2.75, 3.05) is 0 Å². The summed E-state index contributed by atoms with van der Waals surface area (Å²) in [4.78, 5) is 52.1. The van der Waals surface area contributed by atoms with Crippen LogP contribution in [-0.4, -0.2) is 34.8 Å². The Bertz CT molecular complexity index is 1690. The molecule has 4 aliphatic rings. The zero-order valence-electron chi connectivity index (χ0n) is 34.6. The number of carboxylic acid groups (broad SMARTS) is 1. The van der Waals surface area contributed by atoms with Gasteiger partial charge in [0, 0.05) is 22.3 Å². The molecule has 7 nitrogen and oxygen atoms in total. The van der Waals surface area contributed by atoms with Crippen molar-refractivity contribution >= 4 is 35.2 Å². The van der Waals surface area contributed by atoms with Crippen molar-refractivity contribution in [1.82, 2.24) is 5.32 Å². The van der Waals surface area contributed by atoms with E-state index < -0.39 is 22.8 Å². The van der Waals surface area contributed by atoms with Gasteiger partial charge in [-0.2, -0.15) is 0 Å². The zero-order valence-corrected chi connectivity index (χ0v) is 35.3. The number of allylic oxidation sites excluding steroid dienone is 3. The van der Waals surface area contributed by atoms with E-state index in [0.29, 0.717) is 29.2 Å². The Morgan fingerprint density at radius 2 is 1.69 bits per heavy atom. The molecule has 0 radical (unpaired) electrons. The number of fused-ring (bicyclic) bond motifs is 4. The largest absolute Gasteiger partial charge is 0.481 e. The number of ketones is 1. The first-order valence-electron chi connectivity index (χ1n) is 20.5. The van der Waals surface area contributed by atoms with Crippen LogP contribution in [-0.2, 0) is 23.9 Å². The zero-order chi connectivity index (χ0) is 40.0. The third kappa shape index (κ3) is 8.00. The van der Waals surface area contributed by atoms with E-state index in [9.17, 15) is 24.3 Å². The minimum Gasteiger partial charge on any atom is -0.481 e. The summed E-state index contributed by atoms with van der Waals surface area (Å²) in [6.07, 6.45) is 12.3. The lowest BCUT2D eigenvalue weighted by molar-refractivity contribution is -0.201. The number of benzene rings is 1. The normalized spacial score (nSPS) is 33.4. The summed E-state index contributed by atoms with van der Waals surface area (Å²) in [5, 5.41) is 13.4. The number of hydrogen-bond donors (Lipinski definition) is 2. The quantitative estimate of drug-likeness (QED) is 0.191. The van der Waals surface area contributed by atoms with Crippen molar-refractivity contribution in [3.05, 3.63) is 58.1 Å². The number of rotatable bonds is 9. The van der Waals surface area contributed by atoms with E-state index in [1.807, 2.05) is 31.2 Å². The predicted octanol–water partition coefficient (Wildman–Crippen LogP) is 10.9. The summed E-state index contributed by atoms with van der Waals surface area (Å²) in [5.41, 5.74) is 1.38. The fourth-order valence-corrected chi connectivity index (χ4v) is 12.0. The molecule has 3 saturated carbocycles. The number of aliphatic carboxylic acids is 1. The fraction of sp³-hybridized carbons (Fsp3) is 0.696. The molecule has 0 aromatic heterocycles. The van der Waals surface area contributed by atoms with Gasteiger partial charge in [0.15, 0.2) is 5.78 Å². The summed E-state index contributed by atoms with van der Waals surface area (Å²) >= 11 is 6.23. The van der Waals surface area contributed by atoms with Crippen LogP contribution in [0.2, 0.25) is 5.02 Å². The molecular formula is C46H66ClNO6. The van der Waals surface area contributed by atoms with Crippen molar-refractivity contribution in [2.24, 2.45) is 50.7 Å². The van der Waals surface area contributed by atoms with E-state index >= 15 is 0 Å². The number of carbonyl (C=O) groups is 4. The second kappa shape index (κ2) is 15.5.